The molecule has 0 saturated carbocycles. The predicted octanol–water partition coefficient (Wildman–Crippen LogP) is 3.77. The number of aliphatic carboxylic acids is 1. The fraction of sp³-hybridized carbons (Fsp3) is 0.357. The third kappa shape index (κ3) is 3.85. The van der Waals surface area contributed by atoms with Crippen LogP contribution in [0.5, 0.6) is 0 Å². The number of carboxylic acids is 1. The number of carbonyl (C=O) groups excluding carboxylic acids is 1. The second kappa shape index (κ2) is 7.21. The van der Waals surface area contributed by atoms with Crippen molar-refractivity contribution >= 4 is 46.2 Å². The molecule has 2 heterocycles. The summed E-state index contributed by atoms with van der Waals surface area (Å²) in [5.74, 6) is -1.09. The van der Waals surface area contributed by atoms with Gasteiger partial charge >= 0.3 is 5.97 Å². The van der Waals surface area contributed by atoms with Gasteiger partial charge in [0.2, 0.25) is 0 Å². The van der Waals surface area contributed by atoms with E-state index in [2.05, 4.69) is 4.98 Å². The molecule has 2 aromatic rings. The summed E-state index contributed by atoms with van der Waals surface area (Å²) in [6.45, 7) is 4.27. The molecule has 1 N–H and O–H groups in total. The zero-order valence-electron chi connectivity index (χ0n) is 12.1. The summed E-state index contributed by atoms with van der Waals surface area (Å²) in [7, 11) is 0. The van der Waals surface area contributed by atoms with Gasteiger partial charge in [-0.15, -0.1) is 22.7 Å². The van der Waals surface area contributed by atoms with Gasteiger partial charge in [-0.05, 0) is 26.0 Å². The van der Waals surface area contributed by atoms with Gasteiger partial charge in [-0.2, -0.15) is 0 Å². The van der Waals surface area contributed by atoms with Gasteiger partial charge < -0.3 is 10.0 Å². The number of halogens is 1. The van der Waals surface area contributed by atoms with Gasteiger partial charge in [0.05, 0.1) is 21.3 Å². The first-order chi connectivity index (χ1) is 10.4. The minimum Gasteiger partial charge on any atom is -0.481 e. The molecule has 0 atom stereocenters. The number of amides is 1. The molecule has 2 aromatic heterocycles. The molecular weight excluding hydrogens is 344 g/mol. The van der Waals surface area contributed by atoms with Crippen LogP contribution in [-0.4, -0.2) is 40.0 Å². The Balaban J connectivity index is 2.22. The number of carboxylic acid groups (broad SMARTS) is 1. The topological polar surface area (TPSA) is 70.5 Å². The number of carbonyl (C=O) groups is 2. The molecule has 5 nitrogen and oxygen atoms in total. The van der Waals surface area contributed by atoms with E-state index in [1.54, 1.807) is 13.0 Å². The first-order valence-corrected chi connectivity index (χ1v) is 8.67. The van der Waals surface area contributed by atoms with Gasteiger partial charge in [-0.25, -0.2) is 4.98 Å². The number of thiophene rings is 1. The van der Waals surface area contributed by atoms with E-state index in [-0.39, 0.29) is 18.9 Å². The van der Waals surface area contributed by atoms with E-state index in [9.17, 15) is 9.59 Å². The van der Waals surface area contributed by atoms with Crippen LogP contribution in [0.4, 0.5) is 0 Å². The Morgan fingerprint density at radius 2 is 2.09 bits per heavy atom. The van der Waals surface area contributed by atoms with E-state index < -0.39 is 5.97 Å². The van der Waals surface area contributed by atoms with E-state index in [4.69, 9.17) is 16.7 Å². The lowest BCUT2D eigenvalue weighted by molar-refractivity contribution is -0.137. The van der Waals surface area contributed by atoms with Crippen molar-refractivity contribution in [3.63, 3.8) is 0 Å². The lowest BCUT2D eigenvalue weighted by Crippen LogP contribution is -2.32. The maximum absolute atomic E-state index is 12.5. The average molecular weight is 359 g/mol. The highest BCUT2D eigenvalue weighted by Crippen LogP contribution is 2.35. The first kappa shape index (κ1) is 16.9. The molecule has 0 spiro atoms. The third-order valence-corrected chi connectivity index (χ3v) is 5.59. The van der Waals surface area contributed by atoms with Crippen LogP contribution in [0.1, 0.15) is 28.7 Å². The van der Waals surface area contributed by atoms with E-state index in [1.165, 1.54) is 27.6 Å². The molecule has 8 heteroatoms. The van der Waals surface area contributed by atoms with Gasteiger partial charge in [-0.3, -0.25) is 9.59 Å². The van der Waals surface area contributed by atoms with E-state index in [0.29, 0.717) is 21.5 Å². The maximum Gasteiger partial charge on any atom is 0.305 e. The number of hydrogen-bond donors (Lipinski definition) is 1. The lowest BCUT2D eigenvalue weighted by atomic mass is 10.3. The molecule has 0 saturated heterocycles. The predicted molar refractivity (Wildman–Crippen MR) is 89.0 cm³/mol. The van der Waals surface area contributed by atoms with Gasteiger partial charge in [0.1, 0.15) is 9.88 Å². The molecule has 0 aliphatic heterocycles. The second-order valence-corrected chi connectivity index (χ2v) is 7.28. The molecule has 0 aromatic carbocycles. The smallest absolute Gasteiger partial charge is 0.305 e. The molecule has 118 valence electrons. The lowest BCUT2D eigenvalue weighted by Gasteiger charge is -2.19. The molecular formula is C14H15ClN2O3S2. The largest absolute Gasteiger partial charge is 0.481 e. The van der Waals surface area contributed by atoms with E-state index >= 15 is 0 Å². The summed E-state index contributed by atoms with van der Waals surface area (Å²) < 4.78 is 0.673. The molecule has 0 unspecified atom stereocenters. The molecule has 2 rings (SSSR count). The van der Waals surface area contributed by atoms with Crippen LogP contribution in [0.15, 0.2) is 12.1 Å². The standard InChI is InChI=1S/C14H15ClN2O3S2/c1-3-17(7-6-11(18)19)14(20)12-8(2)16-13(22-12)9-4-5-10(15)21-9/h4-5H,3,6-7H2,1-2H3,(H,18,19). The minimum atomic E-state index is -0.916. The molecule has 0 radical (unpaired) electrons. The monoisotopic (exact) mass is 358 g/mol. The van der Waals surface area contributed by atoms with Gasteiger partial charge in [-0.1, -0.05) is 11.6 Å². The van der Waals surface area contributed by atoms with Gasteiger partial charge in [0.25, 0.3) is 5.91 Å². The van der Waals surface area contributed by atoms with Crippen molar-refractivity contribution in [1.82, 2.24) is 9.88 Å². The fourth-order valence-electron chi connectivity index (χ4n) is 1.91. The van der Waals surface area contributed by atoms with Crippen LogP contribution in [0, 0.1) is 6.92 Å². The van der Waals surface area contributed by atoms with Crippen LogP contribution in [-0.2, 0) is 4.79 Å². The van der Waals surface area contributed by atoms with Crippen molar-refractivity contribution in [2.45, 2.75) is 20.3 Å². The van der Waals surface area contributed by atoms with Crippen LogP contribution in [0.2, 0.25) is 4.34 Å². The Labute approximate surface area is 141 Å². The van der Waals surface area contributed by atoms with Crippen molar-refractivity contribution in [1.29, 1.82) is 0 Å². The molecule has 1 amide bonds. The molecule has 0 fully saturated rings. The SMILES string of the molecule is CCN(CCC(=O)O)C(=O)c1sc(-c2ccc(Cl)s2)nc1C. The highest BCUT2D eigenvalue weighted by atomic mass is 35.5. The summed E-state index contributed by atoms with van der Waals surface area (Å²) in [5, 5.41) is 9.52. The molecule has 22 heavy (non-hydrogen) atoms. The Morgan fingerprint density at radius 3 is 2.64 bits per heavy atom. The Bertz CT molecular complexity index is 696. The Morgan fingerprint density at radius 1 is 1.36 bits per heavy atom. The highest BCUT2D eigenvalue weighted by Gasteiger charge is 2.22. The van der Waals surface area contributed by atoms with Crippen LogP contribution < -0.4 is 0 Å². The van der Waals surface area contributed by atoms with E-state index in [0.717, 1.165) is 9.88 Å². The second-order valence-electron chi connectivity index (χ2n) is 4.57. The van der Waals surface area contributed by atoms with Crippen molar-refractivity contribution in [3.8, 4) is 9.88 Å². The first-order valence-electron chi connectivity index (χ1n) is 6.66. The van der Waals surface area contributed by atoms with Crippen molar-refractivity contribution in [2.24, 2.45) is 0 Å². The normalized spacial score (nSPS) is 10.7. The minimum absolute atomic E-state index is 0.0647. The zero-order chi connectivity index (χ0) is 16.3. The fourth-order valence-corrected chi connectivity index (χ4v) is 4.04. The van der Waals surface area contributed by atoms with Crippen molar-refractivity contribution in [3.05, 3.63) is 27.0 Å². The summed E-state index contributed by atoms with van der Waals surface area (Å²) in [6, 6.07) is 3.67. The summed E-state index contributed by atoms with van der Waals surface area (Å²) in [4.78, 5) is 30.6. The van der Waals surface area contributed by atoms with Crippen molar-refractivity contribution in [2.75, 3.05) is 13.1 Å². The number of thiazole rings is 1. The summed E-state index contributed by atoms with van der Waals surface area (Å²) in [5.41, 5.74) is 0.656. The number of aromatic nitrogens is 1. The number of nitrogens with zero attached hydrogens (tertiary/aromatic N) is 2. The highest BCUT2D eigenvalue weighted by molar-refractivity contribution is 7.24. The Hall–Kier alpha value is -1.44. The third-order valence-electron chi connectivity index (χ3n) is 3.04. The number of rotatable bonds is 6. The maximum atomic E-state index is 12.5. The zero-order valence-corrected chi connectivity index (χ0v) is 14.5. The molecule has 0 aliphatic rings. The van der Waals surface area contributed by atoms with Crippen LogP contribution >= 0.6 is 34.3 Å². The summed E-state index contributed by atoms with van der Waals surface area (Å²) >= 11 is 8.66. The quantitative estimate of drug-likeness (QED) is 0.853. The molecule has 0 aliphatic carbocycles. The Kier molecular flexibility index (Phi) is 5.55. The van der Waals surface area contributed by atoms with Crippen LogP contribution in [0.25, 0.3) is 9.88 Å². The number of hydrogen-bond acceptors (Lipinski definition) is 5. The van der Waals surface area contributed by atoms with Crippen molar-refractivity contribution < 1.29 is 14.7 Å². The van der Waals surface area contributed by atoms with Gasteiger partial charge in [0.15, 0.2) is 0 Å². The van der Waals surface area contributed by atoms with Crippen LogP contribution in [0.3, 0.4) is 0 Å². The van der Waals surface area contributed by atoms with E-state index in [1.807, 2.05) is 13.0 Å². The van der Waals surface area contributed by atoms with Gasteiger partial charge in [0, 0.05) is 13.1 Å². The average Bonchev–Trinajstić information content (AvgIpc) is 3.05. The summed E-state index contributed by atoms with van der Waals surface area (Å²) in [6.07, 6.45) is -0.0647. The number of aryl methyl sites for hydroxylation is 1. The molecule has 0 bridgehead atoms.